The minimum atomic E-state index is -1.80. The Balaban J connectivity index is 1.86. The van der Waals surface area contributed by atoms with Gasteiger partial charge in [0.25, 0.3) is 5.56 Å². The first-order chi connectivity index (χ1) is 15.9. The average molecular weight is 484 g/mol. The summed E-state index contributed by atoms with van der Waals surface area (Å²) in [6.07, 6.45) is 0. The highest BCUT2D eigenvalue weighted by molar-refractivity contribution is 6.74. The van der Waals surface area contributed by atoms with Gasteiger partial charge in [0.05, 0.1) is 26.2 Å². The molecule has 0 aliphatic carbocycles. The zero-order valence-electron chi connectivity index (χ0n) is 21.8. The number of pyridine rings is 1. The lowest BCUT2D eigenvalue weighted by atomic mass is 10.0. The van der Waals surface area contributed by atoms with Gasteiger partial charge in [-0.15, -0.1) is 0 Å². The maximum Gasteiger partial charge on any atom is 0.260 e. The van der Waals surface area contributed by atoms with Crippen molar-refractivity contribution in [3.8, 4) is 28.5 Å². The van der Waals surface area contributed by atoms with E-state index in [2.05, 4.69) is 38.8 Å². The third-order valence-electron chi connectivity index (χ3n) is 6.71. The van der Waals surface area contributed by atoms with Crippen LogP contribution in [-0.2, 0) is 4.43 Å². The molecule has 1 N–H and O–H groups in total. The van der Waals surface area contributed by atoms with Gasteiger partial charge in [0.2, 0.25) is 0 Å². The first-order valence-corrected chi connectivity index (χ1v) is 14.5. The summed E-state index contributed by atoms with van der Waals surface area (Å²) < 4.78 is 23.1. The van der Waals surface area contributed by atoms with Gasteiger partial charge in [-0.2, -0.15) is 0 Å². The number of rotatable bonds is 8. The van der Waals surface area contributed by atoms with E-state index in [9.17, 15) is 4.79 Å². The molecule has 0 unspecified atom stereocenters. The zero-order chi connectivity index (χ0) is 25.3. The zero-order valence-corrected chi connectivity index (χ0v) is 22.8. The average Bonchev–Trinajstić information content (AvgIpc) is 2.75. The molecule has 7 heteroatoms. The van der Waals surface area contributed by atoms with Gasteiger partial charge in [-0.1, -0.05) is 20.8 Å². The van der Waals surface area contributed by atoms with Crippen LogP contribution in [0.15, 0.2) is 35.1 Å². The minimum Gasteiger partial charge on any atom is -0.497 e. The summed E-state index contributed by atoms with van der Waals surface area (Å²) in [4.78, 5) is 15.9. The molecule has 3 aromatic rings. The SMILES string of the molecule is COc1cc(OC)c2c(=O)[nH]c(-c3cc(C)c(OCCO[Si](C)(C)C(C)(C)C)c(C)c3)cc2c1. The van der Waals surface area contributed by atoms with E-state index in [1.165, 1.54) is 0 Å². The number of ether oxygens (including phenoxy) is 3. The van der Waals surface area contributed by atoms with Crippen LogP contribution in [0.2, 0.25) is 18.1 Å². The number of aromatic amines is 1. The fourth-order valence-electron chi connectivity index (χ4n) is 3.77. The van der Waals surface area contributed by atoms with Gasteiger partial charge >= 0.3 is 0 Å². The van der Waals surface area contributed by atoms with Crippen LogP contribution in [0.4, 0.5) is 0 Å². The van der Waals surface area contributed by atoms with E-state index in [4.69, 9.17) is 18.6 Å². The number of aromatic nitrogens is 1. The van der Waals surface area contributed by atoms with Crippen molar-refractivity contribution in [3.05, 3.63) is 51.8 Å². The number of aryl methyl sites for hydroxylation is 2. The Labute approximate surface area is 203 Å². The van der Waals surface area contributed by atoms with Gasteiger partial charge < -0.3 is 23.6 Å². The number of methoxy groups -OCH3 is 2. The molecule has 184 valence electrons. The number of hydrogen-bond donors (Lipinski definition) is 1. The Morgan fingerprint density at radius 1 is 0.912 bits per heavy atom. The predicted octanol–water partition coefficient (Wildman–Crippen LogP) is 6.23. The molecule has 0 saturated heterocycles. The van der Waals surface area contributed by atoms with Crippen LogP contribution in [0.5, 0.6) is 17.2 Å². The van der Waals surface area contributed by atoms with E-state index in [1.807, 2.05) is 38.1 Å². The fraction of sp³-hybridized carbons (Fsp3) is 0.444. The molecule has 2 aromatic carbocycles. The van der Waals surface area contributed by atoms with Gasteiger partial charge in [-0.25, -0.2) is 0 Å². The van der Waals surface area contributed by atoms with Crippen LogP contribution in [0.3, 0.4) is 0 Å². The standard InChI is InChI=1S/C27H37NO5Si/c1-17-12-19(13-18(2)25(17)32-10-11-33-34(8,9)27(3,4)5)22-15-20-14-21(30-6)16-23(31-7)24(20)26(29)28-22/h12-16H,10-11H2,1-9H3,(H,28,29). The summed E-state index contributed by atoms with van der Waals surface area (Å²) >= 11 is 0. The molecule has 34 heavy (non-hydrogen) atoms. The molecule has 0 aliphatic heterocycles. The Bertz CT molecular complexity index is 1220. The number of hydrogen-bond acceptors (Lipinski definition) is 5. The highest BCUT2D eigenvalue weighted by atomic mass is 28.4. The summed E-state index contributed by atoms with van der Waals surface area (Å²) in [5, 5.41) is 1.43. The summed E-state index contributed by atoms with van der Waals surface area (Å²) in [5.41, 5.74) is 3.45. The first-order valence-electron chi connectivity index (χ1n) is 11.6. The van der Waals surface area contributed by atoms with Gasteiger partial charge in [-0.05, 0) is 78.3 Å². The van der Waals surface area contributed by atoms with Gasteiger partial charge in [-0.3, -0.25) is 4.79 Å². The minimum absolute atomic E-state index is 0.172. The van der Waals surface area contributed by atoms with Crippen LogP contribution in [0, 0.1) is 13.8 Å². The van der Waals surface area contributed by atoms with Crippen molar-refractivity contribution in [1.29, 1.82) is 0 Å². The molecule has 3 rings (SSSR count). The normalized spacial score (nSPS) is 12.1. The second-order valence-corrected chi connectivity index (χ2v) is 15.0. The van der Waals surface area contributed by atoms with Crippen molar-refractivity contribution in [2.24, 2.45) is 0 Å². The second-order valence-electron chi connectivity index (χ2n) is 10.2. The van der Waals surface area contributed by atoms with Gasteiger partial charge in [0.1, 0.15) is 23.9 Å². The van der Waals surface area contributed by atoms with Crippen molar-refractivity contribution >= 4 is 19.1 Å². The third-order valence-corrected chi connectivity index (χ3v) is 11.2. The molecule has 6 nitrogen and oxygen atoms in total. The lowest BCUT2D eigenvalue weighted by molar-refractivity contribution is 0.202. The highest BCUT2D eigenvalue weighted by Gasteiger charge is 2.36. The van der Waals surface area contributed by atoms with E-state index in [-0.39, 0.29) is 10.6 Å². The molecule has 0 radical (unpaired) electrons. The van der Waals surface area contributed by atoms with Gasteiger partial charge in [0.15, 0.2) is 8.32 Å². The smallest absolute Gasteiger partial charge is 0.260 e. The third kappa shape index (κ3) is 5.31. The molecular formula is C27H37NO5Si. The van der Waals surface area contributed by atoms with Crippen molar-refractivity contribution in [1.82, 2.24) is 4.98 Å². The molecule has 0 saturated carbocycles. The summed E-state index contributed by atoms with van der Waals surface area (Å²) in [7, 11) is 1.34. The molecule has 0 aliphatic rings. The number of H-pyrrole nitrogens is 1. The largest absolute Gasteiger partial charge is 0.497 e. The summed E-state index contributed by atoms with van der Waals surface area (Å²) in [5.74, 6) is 1.98. The van der Waals surface area contributed by atoms with E-state index in [0.29, 0.717) is 30.1 Å². The molecular weight excluding hydrogens is 446 g/mol. The van der Waals surface area contributed by atoms with E-state index < -0.39 is 8.32 Å². The molecule has 1 aromatic heterocycles. The lowest BCUT2D eigenvalue weighted by Crippen LogP contribution is -2.41. The van der Waals surface area contributed by atoms with Crippen LogP contribution in [0.25, 0.3) is 22.0 Å². The van der Waals surface area contributed by atoms with E-state index in [1.54, 1.807) is 20.3 Å². The molecule has 0 amide bonds. The number of nitrogens with one attached hydrogen (secondary N) is 1. The Morgan fingerprint density at radius 3 is 2.12 bits per heavy atom. The quantitative estimate of drug-likeness (QED) is 0.304. The van der Waals surface area contributed by atoms with Crippen LogP contribution >= 0.6 is 0 Å². The Morgan fingerprint density at radius 2 is 1.56 bits per heavy atom. The summed E-state index contributed by atoms with van der Waals surface area (Å²) in [6.45, 7) is 16.3. The van der Waals surface area contributed by atoms with Crippen molar-refractivity contribution in [2.45, 2.75) is 52.8 Å². The summed E-state index contributed by atoms with van der Waals surface area (Å²) in [6, 6.07) is 9.57. The van der Waals surface area contributed by atoms with Crippen LogP contribution < -0.4 is 19.8 Å². The molecule has 0 fully saturated rings. The molecule has 1 heterocycles. The first kappa shape index (κ1) is 25.8. The molecule has 0 bridgehead atoms. The Hall–Kier alpha value is -2.77. The monoisotopic (exact) mass is 483 g/mol. The van der Waals surface area contributed by atoms with Crippen LogP contribution in [0.1, 0.15) is 31.9 Å². The second kappa shape index (κ2) is 9.84. The van der Waals surface area contributed by atoms with Crippen molar-refractivity contribution in [3.63, 3.8) is 0 Å². The highest BCUT2D eigenvalue weighted by Crippen LogP contribution is 2.37. The van der Waals surface area contributed by atoms with Crippen molar-refractivity contribution in [2.75, 3.05) is 27.4 Å². The van der Waals surface area contributed by atoms with E-state index in [0.717, 1.165) is 33.5 Å². The predicted molar refractivity (Wildman–Crippen MR) is 141 cm³/mol. The van der Waals surface area contributed by atoms with Crippen molar-refractivity contribution < 1.29 is 18.6 Å². The number of fused-ring (bicyclic) bond motifs is 1. The fourth-order valence-corrected chi connectivity index (χ4v) is 4.80. The maximum atomic E-state index is 12.9. The lowest BCUT2D eigenvalue weighted by Gasteiger charge is -2.36. The maximum absolute atomic E-state index is 12.9. The molecule has 0 atom stereocenters. The van der Waals surface area contributed by atoms with Crippen LogP contribution in [-0.4, -0.2) is 40.7 Å². The van der Waals surface area contributed by atoms with Gasteiger partial charge in [0, 0.05) is 11.8 Å². The Kier molecular flexibility index (Phi) is 7.48. The number of benzene rings is 2. The molecule has 0 spiro atoms. The van der Waals surface area contributed by atoms with E-state index >= 15 is 0 Å². The topological polar surface area (TPSA) is 69.8 Å².